The standard InChI is InChI=1S/C20H16ClFO4S/c1-11(2)26-18(23)9-12-8-17(19(24)16-4-3-7-25-16)27-20(12)14-6-5-13(21)10-15(14)22/h3-8,10-11H,9H2,1-2H3. The second-order valence-corrected chi connectivity index (χ2v) is 7.60. The lowest BCUT2D eigenvalue weighted by molar-refractivity contribution is -0.146. The van der Waals surface area contributed by atoms with E-state index in [4.69, 9.17) is 20.8 Å². The van der Waals surface area contributed by atoms with Gasteiger partial charge in [0.2, 0.25) is 5.78 Å². The SMILES string of the molecule is CC(C)OC(=O)Cc1cc(C(=O)c2ccco2)sc1-c1ccc(Cl)cc1F. The van der Waals surface area contributed by atoms with E-state index in [-0.39, 0.29) is 34.7 Å². The van der Waals surface area contributed by atoms with Crippen molar-refractivity contribution >= 4 is 34.7 Å². The monoisotopic (exact) mass is 406 g/mol. The van der Waals surface area contributed by atoms with Crippen LogP contribution in [-0.2, 0) is 16.0 Å². The Morgan fingerprint density at radius 2 is 2.04 bits per heavy atom. The van der Waals surface area contributed by atoms with Crippen molar-refractivity contribution < 1.29 is 23.1 Å². The van der Waals surface area contributed by atoms with E-state index in [2.05, 4.69) is 0 Å². The Labute approximate surface area is 164 Å². The zero-order valence-corrected chi connectivity index (χ0v) is 16.2. The van der Waals surface area contributed by atoms with Gasteiger partial charge in [0.1, 0.15) is 5.82 Å². The number of esters is 1. The molecule has 0 radical (unpaired) electrons. The molecule has 0 saturated carbocycles. The molecule has 140 valence electrons. The highest BCUT2D eigenvalue weighted by Crippen LogP contribution is 2.37. The number of furan rings is 1. The van der Waals surface area contributed by atoms with Crippen LogP contribution in [0.25, 0.3) is 10.4 Å². The Morgan fingerprint density at radius 3 is 2.67 bits per heavy atom. The minimum absolute atomic E-state index is 0.0719. The van der Waals surface area contributed by atoms with Crippen molar-refractivity contribution in [3.05, 3.63) is 69.7 Å². The molecule has 0 bridgehead atoms. The minimum atomic E-state index is -0.528. The van der Waals surface area contributed by atoms with Crippen molar-refractivity contribution in [2.45, 2.75) is 26.4 Å². The fourth-order valence-electron chi connectivity index (χ4n) is 2.56. The van der Waals surface area contributed by atoms with E-state index in [1.54, 1.807) is 38.1 Å². The number of thiophene rings is 1. The Hall–Kier alpha value is -2.44. The molecule has 0 amide bonds. The average Bonchev–Trinajstić information content (AvgIpc) is 3.23. The maximum absolute atomic E-state index is 14.5. The summed E-state index contributed by atoms with van der Waals surface area (Å²) in [5.74, 6) is -1.13. The Kier molecular flexibility index (Phi) is 5.77. The van der Waals surface area contributed by atoms with Gasteiger partial charge in [-0.1, -0.05) is 11.6 Å². The summed E-state index contributed by atoms with van der Waals surface area (Å²) in [6, 6.07) is 9.03. The van der Waals surface area contributed by atoms with Crippen LogP contribution in [0, 0.1) is 5.82 Å². The molecule has 27 heavy (non-hydrogen) atoms. The summed E-state index contributed by atoms with van der Waals surface area (Å²) in [7, 11) is 0. The molecular weight excluding hydrogens is 391 g/mol. The van der Waals surface area contributed by atoms with Gasteiger partial charge in [0.15, 0.2) is 5.76 Å². The van der Waals surface area contributed by atoms with Crippen LogP contribution in [0.5, 0.6) is 0 Å². The number of carbonyl (C=O) groups is 2. The summed E-state index contributed by atoms with van der Waals surface area (Å²) >= 11 is 6.93. The van der Waals surface area contributed by atoms with Gasteiger partial charge in [-0.2, -0.15) is 0 Å². The van der Waals surface area contributed by atoms with Gasteiger partial charge in [-0.3, -0.25) is 9.59 Å². The molecule has 2 aromatic heterocycles. The molecule has 3 rings (SSSR count). The third-order valence-corrected chi connectivity index (χ3v) is 5.10. The summed E-state index contributed by atoms with van der Waals surface area (Å²) in [4.78, 5) is 25.5. The highest BCUT2D eigenvalue weighted by molar-refractivity contribution is 7.17. The van der Waals surface area contributed by atoms with Gasteiger partial charge < -0.3 is 9.15 Å². The first-order valence-electron chi connectivity index (χ1n) is 8.21. The Morgan fingerprint density at radius 1 is 1.26 bits per heavy atom. The molecular formula is C20H16ClFO4S. The number of hydrogen-bond donors (Lipinski definition) is 0. The lowest BCUT2D eigenvalue weighted by atomic mass is 10.1. The van der Waals surface area contributed by atoms with Crippen molar-refractivity contribution in [1.82, 2.24) is 0 Å². The van der Waals surface area contributed by atoms with Crippen molar-refractivity contribution in [3.63, 3.8) is 0 Å². The fourth-order valence-corrected chi connectivity index (χ4v) is 3.87. The van der Waals surface area contributed by atoms with Crippen molar-refractivity contribution in [3.8, 4) is 10.4 Å². The smallest absolute Gasteiger partial charge is 0.310 e. The van der Waals surface area contributed by atoms with E-state index in [0.29, 0.717) is 15.3 Å². The summed E-state index contributed by atoms with van der Waals surface area (Å²) in [5, 5.41) is 0.264. The first kappa shape index (κ1) is 19.3. The minimum Gasteiger partial charge on any atom is -0.463 e. The summed E-state index contributed by atoms with van der Waals surface area (Å²) in [6.45, 7) is 3.49. The molecule has 2 heterocycles. The predicted molar refractivity (Wildman–Crippen MR) is 102 cm³/mol. The van der Waals surface area contributed by atoms with Gasteiger partial charge in [-0.15, -0.1) is 11.3 Å². The lowest BCUT2D eigenvalue weighted by Gasteiger charge is -2.09. The lowest BCUT2D eigenvalue weighted by Crippen LogP contribution is -2.13. The number of hydrogen-bond acceptors (Lipinski definition) is 5. The first-order valence-corrected chi connectivity index (χ1v) is 9.40. The van der Waals surface area contributed by atoms with E-state index in [9.17, 15) is 14.0 Å². The van der Waals surface area contributed by atoms with Gasteiger partial charge in [0.05, 0.1) is 23.7 Å². The summed E-state index contributed by atoms with van der Waals surface area (Å²) in [5.41, 5.74) is 0.789. The Balaban J connectivity index is 2.03. The summed E-state index contributed by atoms with van der Waals surface area (Å²) in [6.07, 6.45) is 1.06. The van der Waals surface area contributed by atoms with E-state index < -0.39 is 11.8 Å². The van der Waals surface area contributed by atoms with E-state index in [0.717, 1.165) is 11.3 Å². The topological polar surface area (TPSA) is 56.5 Å². The first-order chi connectivity index (χ1) is 12.8. The van der Waals surface area contributed by atoms with Gasteiger partial charge >= 0.3 is 5.97 Å². The fraction of sp³-hybridized carbons (Fsp3) is 0.200. The average molecular weight is 407 g/mol. The van der Waals surface area contributed by atoms with Gasteiger partial charge in [-0.25, -0.2) is 4.39 Å². The van der Waals surface area contributed by atoms with E-state index in [1.165, 1.54) is 18.4 Å². The van der Waals surface area contributed by atoms with Crippen LogP contribution in [0.2, 0.25) is 5.02 Å². The largest absolute Gasteiger partial charge is 0.463 e. The molecule has 0 aliphatic rings. The summed E-state index contributed by atoms with van der Waals surface area (Å²) < 4.78 is 24.8. The predicted octanol–water partition coefficient (Wildman–Crippen LogP) is 5.53. The third-order valence-electron chi connectivity index (χ3n) is 3.66. The maximum Gasteiger partial charge on any atom is 0.310 e. The van der Waals surface area contributed by atoms with Crippen molar-refractivity contribution in [2.75, 3.05) is 0 Å². The van der Waals surface area contributed by atoms with Crippen LogP contribution in [0.1, 0.15) is 34.8 Å². The second-order valence-electron chi connectivity index (χ2n) is 6.11. The Bertz CT molecular complexity index is 976. The molecule has 0 fully saturated rings. The van der Waals surface area contributed by atoms with Crippen LogP contribution >= 0.6 is 22.9 Å². The van der Waals surface area contributed by atoms with E-state index >= 15 is 0 Å². The van der Waals surface area contributed by atoms with Crippen LogP contribution in [0.15, 0.2) is 47.1 Å². The van der Waals surface area contributed by atoms with Crippen LogP contribution in [-0.4, -0.2) is 17.9 Å². The maximum atomic E-state index is 14.5. The number of ketones is 1. The third kappa shape index (κ3) is 4.46. The van der Waals surface area contributed by atoms with Crippen molar-refractivity contribution in [2.24, 2.45) is 0 Å². The number of carbonyl (C=O) groups excluding carboxylic acids is 2. The molecule has 1 aromatic carbocycles. The number of ether oxygens (including phenoxy) is 1. The normalized spacial score (nSPS) is 11.0. The molecule has 0 aliphatic carbocycles. The second kappa shape index (κ2) is 8.06. The number of halogens is 2. The molecule has 0 spiro atoms. The molecule has 3 aromatic rings. The van der Waals surface area contributed by atoms with Crippen LogP contribution < -0.4 is 0 Å². The molecule has 0 unspecified atom stereocenters. The number of benzene rings is 1. The van der Waals surface area contributed by atoms with Crippen LogP contribution in [0.4, 0.5) is 4.39 Å². The zero-order chi connectivity index (χ0) is 19.6. The van der Waals surface area contributed by atoms with Crippen LogP contribution in [0.3, 0.4) is 0 Å². The molecule has 4 nitrogen and oxygen atoms in total. The molecule has 0 aliphatic heterocycles. The molecule has 7 heteroatoms. The number of rotatable bonds is 6. The van der Waals surface area contributed by atoms with E-state index in [1.807, 2.05) is 0 Å². The molecule has 0 N–H and O–H groups in total. The van der Waals surface area contributed by atoms with Gasteiger partial charge in [0, 0.05) is 15.5 Å². The molecule has 0 atom stereocenters. The van der Waals surface area contributed by atoms with Gasteiger partial charge in [-0.05, 0) is 55.8 Å². The zero-order valence-electron chi connectivity index (χ0n) is 14.6. The quantitative estimate of drug-likeness (QED) is 0.399. The molecule has 0 saturated heterocycles. The highest BCUT2D eigenvalue weighted by atomic mass is 35.5. The van der Waals surface area contributed by atoms with Gasteiger partial charge in [0.25, 0.3) is 0 Å². The highest BCUT2D eigenvalue weighted by Gasteiger charge is 2.22. The van der Waals surface area contributed by atoms with Crippen molar-refractivity contribution in [1.29, 1.82) is 0 Å².